The van der Waals surface area contributed by atoms with E-state index in [2.05, 4.69) is 38.1 Å². The highest BCUT2D eigenvalue weighted by atomic mass is 13.9. The zero-order chi connectivity index (χ0) is 9.40. The van der Waals surface area contributed by atoms with Crippen molar-refractivity contribution in [2.45, 2.75) is 40.5 Å². The summed E-state index contributed by atoms with van der Waals surface area (Å²) in [4.78, 5) is 0. The monoisotopic (exact) mass is 164 g/mol. The Labute approximate surface area is 76.6 Å². The summed E-state index contributed by atoms with van der Waals surface area (Å²) >= 11 is 0. The van der Waals surface area contributed by atoms with E-state index >= 15 is 0 Å². The molecule has 68 valence electrons. The Morgan fingerprint density at radius 3 is 2.33 bits per heavy atom. The molecule has 1 aromatic rings. The van der Waals surface area contributed by atoms with Crippen LogP contribution in [0.4, 0.5) is 0 Å². The molecule has 0 nitrogen and oxygen atoms in total. The van der Waals surface area contributed by atoms with E-state index in [1.54, 1.807) is 0 Å². The van der Waals surface area contributed by atoms with Crippen molar-refractivity contribution in [2.75, 3.05) is 0 Å². The van der Waals surface area contributed by atoms with Gasteiger partial charge in [0.1, 0.15) is 0 Å². The number of aryl methyl sites for hydroxylation is 2. The van der Waals surface area contributed by atoms with Gasteiger partial charge in [0.25, 0.3) is 0 Å². The fourth-order valence-corrected chi connectivity index (χ4v) is 1.16. The molecule has 0 aliphatic rings. The fraction of sp³-hybridized carbons (Fsp3) is 0.500. The number of rotatable bonds is 2. The lowest BCUT2D eigenvalue weighted by Crippen LogP contribution is -1.82. The molecule has 0 fully saturated rings. The molecule has 0 radical (unpaired) electrons. The van der Waals surface area contributed by atoms with Gasteiger partial charge >= 0.3 is 0 Å². The SMILES string of the molecule is CC.CCCc1cccc(C)c1. The molecule has 1 aromatic carbocycles. The highest BCUT2D eigenvalue weighted by Crippen LogP contribution is 2.05. The molecule has 0 aliphatic carbocycles. The molecule has 0 aromatic heterocycles. The number of benzene rings is 1. The van der Waals surface area contributed by atoms with Crippen LogP contribution in [0.1, 0.15) is 38.3 Å². The van der Waals surface area contributed by atoms with Crippen LogP contribution in [0.2, 0.25) is 0 Å². The van der Waals surface area contributed by atoms with Crippen molar-refractivity contribution < 1.29 is 0 Å². The Balaban J connectivity index is 0.000000561. The second-order valence-corrected chi connectivity index (χ2v) is 2.74. The smallest absolute Gasteiger partial charge is 0.0281 e. The summed E-state index contributed by atoms with van der Waals surface area (Å²) < 4.78 is 0. The third-order valence-corrected chi connectivity index (χ3v) is 1.62. The summed E-state index contributed by atoms with van der Waals surface area (Å²) in [5.41, 5.74) is 2.83. The molecule has 0 heterocycles. The molecule has 0 atom stereocenters. The van der Waals surface area contributed by atoms with Gasteiger partial charge in [0.15, 0.2) is 0 Å². The van der Waals surface area contributed by atoms with Crippen molar-refractivity contribution >= 4 is 0 Å². The highest BCUT2D eigenvalue weighted by Gasteiger charge is 1.88. The van der Waals surface area contributed by atoms with Gasteiger partial charge < -0.3 is 0 Å². The molecule has 0 spiro atoms. The largest absolute Gasteiger partial charge is 0.0683 e. The predicted octanol–water partition coefficient (Wildman–Crippen LogP) is 3.97. The van der Waals surface area contributed by atoms with E-state index in [4.69, 9.17) is 0 Å². The van der Waals surface area contributed by atoms with Crippen molar-refractivity contribution in [3.63, 3.8) is 0 Å². The van der Waals surface area contributed by atoms with E-state index in [1.165, 1.54) is 24.0 Å². The minimum Gasteiger partial charge on any atom is -0.0683 e. The minimum absolute atomic E-state index is 1.21. The van der Waals surface area contributed by atoms with Crippen molar-refractivity contribution in [2.24, 2.45) is 0 Å². The molecule has 0 amide bonds. The van der Waals surface area contributed by atoms with Crippen LogP contribution in [0.15, 0.2) is 24.3 Å². The first kappa shape index (κ1) is 11.2. The van der Waals surface area contributed by atoms with E-state index in [9.17, 15) is 0 Å². The lowest BCUT2D eigenvalue weighted by Gasteiger charge is -1.97. The second kappa shape index (κ2) is 6.90. The molecule has 12 heavy (non-hydrogen) atoms. The zero-order valence-corrected chi connectivity index (χ0v) is 8.72. The summed E-state index contributed by atoms with van der Waals surface area (Å²) in [5.74, 6) is 0. The van der Waals surface area contributed by atoms with E-state index in [0.29, 0.717) is 0 Å². The van der Waals surface area contributed by atoms with E-state index in [1.807, 2.05) is 13.8 Å². The number of hydrogen-bond acceptors (Lipinski definition) is 0. The zero-order valence-electron chi connectivity index (χ0n) is 8.72. The van der Waals surface area contributed by atoms with Gasteiger partial charge in [0, 0.05) is 0 Å². The van der Waals surface area contributed by atoms with Crippen molar-refractivity contribution in [1.82, 2.24) is 0 Å². The topological polar surface area (TPSA) is 0 Å². The predicted molar refractivity (Wildman–Crippen MR) is 56.5 cm³/mol. The molecule has 0 unspecified atom stereocenters. The van der Waals surface area contributed by atoms with Gasteiger partial charge in [0.05, 0.1) is 0 Å². The Kier molecular flexibility index (Phi) is 6.45. The number of hydrogen-bond donors (Lipinski definition) is 0. The van der Waals surface area contributed by atoms with Crippen LogP contribution >= 0.6 is 0 Å². The Hall–Kier alpha value is -0.780. The second-order valence-electron chi connectivity index (χ2n) is 2.74. The van der Waals surface area contributed by atoms with Crippen LogP contribution in [0.3, 0.4) is 0 Å². The van der Waals surface area contributed by atoms with Gasteiger partial charge in [-0.2, -0.15) is 0 Å². The fourth-order valence-electron chi connectivity index (χ4n) is 1.16. The van der Waals surface area contributed by atoms with Gasteiger partial charge in [-0.05, 0) is 18.9 Å². The molecule has 0 aliphatic heterocycles. The van der Waals surface area contributed by atoms with Gasteiger partial charge in [-0.25, -0.2) is 0 Å². The first-order chi connectivity index (χ1) is 5.83. The molecule has 0 heteroatoms. The third kappa shape index (κ3) is 4.17. The van der Waals surface area contributed by atoms with Crippen LogP contribution in [-0.4, -0.2) is 0 Å². The molecular weight excluding hydrogens is 144 g/mol. The normalized spacial score (nSPS) is 8.67. The van der Waals surface area contributed by atoms with E-state index in [-0.39, 0.29) is 0 Å². The van der Waals surface area contributed by atoms with Crippen LogP contribution in [0, 0.1) is 6.92 Å². The first-order valence-electron chi connectivity index (χ1n) is 4.88. The summed E-state index contributed by atoms with van der Waals surface area (Å²) in [6, 6.07) is 8.71. The lowest BCUT2D eigenvalue weighted by atomic mass is 10.1. The van der Waals surface area contributed by atoms with Gasteiger partial charge in [-0.15, -0.1) is 0 Å². The molecule has 0 N–H and O–H groups in total. The van der Waals surface area contributed by atoms with Gasteiger partial charge in [-0.3, -0.25) is 0 Å². The van der Waals surface area contributed by atoms with Crippen LogP contribution in [0.25, 0.3) is 0 Å². The van der Waals surface area contributed by atoms with Crippen molar-refractivity contribution in [3.05, 3.63) is 35.4 Å². The summed E-state index contributed by atoms with van der Waals surface area (Å²) in [6.45, 7) is 8.35. The Morgan fingerprint density at radius 2 is 1.83 bits per heavy atom. The maximum Gasteiger partial charge on any atom is -0.0281 e. The van der Waals surface area contributed by atoms with Crippen LogP contribution < -0.4 is 0 Å². The summed E-state index contributed by atoms with van der Waals surface area (Å²) in [7, 11) is 0. The molecule has 0 saturated heterocycles. The van der Waals surface area contributed by atoms with Crippen molar-refractivity contribution in [3.8, 4) is 0 Å². The average Bonchev–Trinajstić information content (AvgIpc) is 2.09. The first-order valence-corrected chi connectivity index (χ1v) is 4.88. The molecular formula is C12H20. The summed E-state index contributed by atoms with van der Waals surface area (Å²) in [6.07, 6.45) is 2.45. The maximum atomic E-state index is 2.25. The van der Waals surface area contributed by atoms with Gasteiger partial charge in [0.2, 0.25) is 0 Å². The van der Waals surface area contributed by atoms with E-state index in [0.717, 1.165) is 0 Å². The van der Waals surface area contributed by atoms with Gasteiger partial charge in [-0.1, -0.05) is 57.0 Å². The quantitative estimate of drug-likeness (QED) is 0.620. The maximum absolute atomic E-state index is 2.25. The highest BCUT2D eigenvalue weighted by molar-refractivity contribution is 5.21. The Morgan fingerprint density at radius 1 is 1.17 bits per heavy atom. The van der Waals surface area contributed by atoms with Crippen molar-refractivity contribution in [1.29, 1.82) is 0 Å². The molecule has 0 bridgehead atoms. The summed E-state index contributed by atoms with van der Waals surface area (Å²) in [5, 5.41) is 0. The minimum atomic E-state index is 1.21. The van der Waals surface area contributed by atoms with E-state index < -0.39 is 0 Å². The molecule has 1 rings (SSSR count). The van der Waals surface area contributed by atoms with Crippen LogP contribution in [0.5, 0.6) is 0 Å². The third-order valence-electron chi connectivity index (χ3n) is 1.62. The standard InChI is InChI=1S/C10H14.C2H6/c1-3-5-10-7-4-6-9(2)8-10;1-2/h4,6-8H,3,5H2,1-2H3;1-2H3. The molecule has 0 saturated carbocycles. The Bertz CT molecular complexity index is 201. The lowest BCUT2D eigenvalue weighted by molar-refractivity contribution is 0.920. The average molecular weight is 164 g/mol. The van der Waals surface area contributed by atoms with Crippen LogP contribution in [-0.2, 0) is 6.42 Å².